The average molecular weight is 340 g/mol. The summed E-state index contributed by atoms with van der Waals surface area (Å²) in [7, 11) is 1.64. The SMILES string of the molecule is COc1ccc(-c2ccc(C(=O)N[C@@H]3C4CCN(CC4)[C@H]3C)o2)cc1. The van der Waals surface area contributed by atoms with Gasteiger partial charge in [-0.3, -0.25) is 9.69 Å². The number of benzene rings is 1. The van der Waals surface area contributed by atoms with Crippen molar-refractivity contribution < 1.29 is 13.9 Å². The Balaban J connectivity index is 1.47. The molecule has 2 atom stereocenters. The Morgan fingerprint density at radius 2 is 1.88 bits per heavy atom. The number of hydrogen-bond acceptors (Lipinski definition) is 4. The van der Waals surface area contributed by atoms with Crippen LogP contribution in [0.1, 0.15) is 30.3 Å². The van der Waals surface area contributed by atoms with Gasteiger partial charge in [-0.05, 0) is 75.2 Å². The zero-order valence-corrected chi connectivity index (χ0v) is 14.7. The van der Waals surface area contributed by atoms with Crippen LogP contribution in [0.3, 0.4) is 0 Å². The molecule has 0 spiro atoms. The predicted molar refractivity (Wildman–Crippen MR) is 95.7 cm³/mol. The van der Waals surface area contributed by atoms with Gasteiger partial charge in [0.2, 0.25) is 0 Å². The molecular formula is C20H24N2O3. The van der Waals surface area contributed by atoms with E-state index < -0.39 is 0 Å². The van der Waals surface area contributed by atoms with E-state index in [1.807, 2.05) is 30.3 Å². The number of nitrogens with one attached hydrogen (secondary N) is 1. The van der Waals surface area contributed by atoms with E-state index in [2.05, 4.69) is 17.1 Å². The summed E-state index contributed by atoms with van der Waals surface area (Å²) in [4.78, 5) is 15.1. The van der Waals surface area contributed by atoms with Crippen molar-refractivity contribution in [3.63, 3.8) is 0 Å². The molecule has 3 aliphatic heterocycles. The third-order valence-electron chi connectivity index (χ3n) is 5.68. The molecule has 2 aromatic rings. The third-order valence-corrected chi connectivity index (χ3v) is 5.68. The third kappa shape index (κ3) is 3.04. The highest BCUT2D eigenvalue weighted by Crippen LogP contribution is 2.32. The Kier molecular flexibility index (Phi) is 4.25. The molecule has 1 amide bonds. The summed E-state index contributed by atoms with van der Waals surface area (Å²) in [6.07, 6.45) is 2.34. The van der Waals surface area contributed by atoms with Gasteiger partial charge in [-0.2, -0.15) is 0 Å². The van der Waals surface area contributed by atoms with E-state index in [0.717, 1.165) is 24.4 Å². The summed E-state index contributed by atoms with van der Waals surface area (Å²) in [6, 6.07) is 11.8. The topological polar surface area (TPSA) is 54.7 Å². The number of fused-ring (bicyclic) bond motifs is 3. The number of piperidine rings is 3. The van der Waals surface area contributed by atoms with Gasteiger partial charge < -0.3 is 14.5 Å². The number of carbonyl (C=O) groups is 1. The van der Waals surface area contributed by atoms with E-state index in [4.69, 9.17) is 9.15 Å². The second kappa shape index (κ2) is 6.56. The van der Waals surface area contributed by atoms with Gasteiger partial charge in [0.1, 0.15) is 11.5 Å². The van der Waals surface area contributed by atoms with Crippen molar-refractivity contribution in [1.29, 1.82) is 0 Å². The van der Waals surface area contributed by atoms with Crippen LogP contribution in [-0.2, 0) is 0 Å². The molecule has 0 unspecified atom stereocenters. The van der Waals surface area contributed by atoms with E-state index in [1.165, 1.54) is 12.8 Å². The number of ether oxygens (including phenoxy) is 1. The van der Waals surface area contributed by atoms with Crippen LogP contribution in [0.4, 0.5) is 0 Å². The van der Waals surface area contributed by atoms with Crippen LogP contribution in [0, 0.1) is 5.92 Å². The first-order chi connectivity index (χ1) is 12.2. The Bertz CT molecular complexity index is 743. The molecule has 3 fully saturated rings. The molecule has 132 valence electrons. The lowest BCUT2D eigenvalue weighted by Gasteiger charge is -2.49. The van der Waals surface area contributed by atoms with Gasteiger partial charge >= 0.3 is 0 Å². The summed E-state index contributed by atoms with van der Waals surface area (Å²) in [5.41, 5.74) is 0.927. The highest BCUT2D eigenvalue weighted by Gasteiger charge is 2.40. The van der Waals surface area contributed by atoms with Gasteiger partial charge in [-0.25, -0.2) is 0 Å². The Hall–Kier alpha value is -2.27. The number of furan rings is 1. The second-order valence-corrected chi connectivity index (χ2v) is 7.01. The highest BCUT2D eigenvalue weighted by atomic mass is 16.5. The first-order valence-corrected chi connectivity index (χ1v) is 8.95. The van der Waals surface area contributed by atoms with Gasteiger partial charge in [0.05, 0.1) is 7.11 Å². The summed E-state index contributed by atoms with van der Waals surface area (Å²) in [5, 5.41) is 3.21. The molecule has 1 aromatic heterocycles. The largest absolute Gasteiger partial charge is 0.497 e. The summed E-state index contributed by atoms with van der Waals surface area (Å²) >= 11 is 0. The monoisotopic (exact) mass is 340 g/mol. The lowest BCUT2D eigenvalue weighted by atomic mass is 9.79. The molecule has 3 saturated heterocycles. The van der Waals surface area contributed by atoms with Crippen molar-refractivity contribution in [2.45, 2.75) is 31.8 Å². The van der Waals surface area contributed by atoms with Crippen LogP contribution < -0.4 is 10.1 Å². The first kappa shape index (κ1) is 16.2. The number of methoxy groups -OCH3 is 1. The van der Waals surface area contributed by atoms with Crippen molar-refractivity contribution >= 4 is 5.91 Å². The zero-order chi connectivity index (χ0) is 17.4. The van der Waals surface area contributed by atoms with Gasteiger partial charge in [0.25, 0.3) is 5.91 Å². The van der Waals surface area contributed by atoms with Crippen molar-refractivity contribution in [3.05, 3.63) is 42.2 Å². The standard InChI is InChI=1S/C20H24N2O3/c1-13-19(15-9-11-22(13)12-10-15)21-20(23)18-8-7-17(25-18)14-3-5-16(24-2)6-4-14/h3-8,13,15,19H,9-12H2,1-2H3,(H,21,23)/t13-,19-/m0/s1. The van der Waals surface area contributed by atoms with Crippen molar-refractivity contribution in [2.24, 2.45) is 5.92 Å². The van der Waals surface area contributed by atoms with E-state index in [1.54, 1.807) is 13.2 Å². The number of amides is 1. The molecule has 0 aliphatic carbocycles. The molecule has 4 heterocycles. The fourth-order valence-corrected chi connectivity index (χ4v) is 4.14. The van der Waals surface area contributed by atoms with Crippen LogP contribution in [0.2, 0.25) is 0 Å². The van der Waals surface area contributed by atoms with Crippen LogP contribution in [0.25, 0.3) is 11.3 Å². The zero-order valence-electron chi connectivity index (χ0n) is 14.7. The molecule has 1 N–H and O–H groups in total. The molecule has 0 radical (unpaired) electrons. The van der Waals surface area contributed by atoms with E-state index in [9.17, 15) is 4.79 Å². The van der Waals surface area contributed by atoms with Gasteiger partial charge in [0.15, 0.2) is 5.76 Å². The molecule has 5 nitrogen and oxygen atoms in total. The maximum absolute atomic E-state index is 12.6. The van der Waals surface area contributed by atoms with Crippen molar-refractivity contribution in [2.75, 3.05) is 20.2 Å². The molecule has 25 heavy (non-hydrogen) atoms. The number of carbonyl (C=O) groups excluding carboxylic acids is 1. The summed E-state index contributed by atoms with van der Waals surface area (Å²) in [6.45, 7) is 4.52. The molecule has 5 rings (SSSR count). The summed E-state index contributed by atoms with van der Waals surface area (Å²) in [5.74, 6) is 2.32. The Morgan fingerprint density at radius 3 is 2.52 bits per heavy atom. The minimum atomic E-state index is -0.120. The van der Waals surface area contributed by atoms with Crippen LogP contribution >= 0.6 is 0 Å². The number of hydrogen-bond donors (Lipinski definition) is 1. The first-order valence-electron chi connectivity index (χ1n) is 8.95. The minimum absolute atomic E-state index is 0.120. The quantitative estimate of drug-likeness (QED) is 0.929. The summed E-state index contributed by atoms with van der Waals surface area (Å²) < 4.78 is 11.0. The lowest BCUT2D eigenvalue weighted by molar-refractivity contribution is 0.0211. The second-order valence-electron chi connectivity index (χ2n) is 7.01. The Morgan fingerprint density at radius 1 is 1.16 bits per heavy atom. The Labute approximate surface area is 148 Å². The molecule has 3 aliphatic rings. The maximum atomic E-state index is 12.6. The van der Waals surface area contributed by atoms with E-state index in [-0.39, 0.29) is 11.9 Å². The van der Waals surface area contributed by atoms with Gasteiger partial charge in [-0.15, -0.1) is 0 Å². The van der Waals surface area contributed by atoms with Gasteiger partial charge in [-0.1, -0.05) is 0 Å². The number of nitrogens with zero attached hydrogens (tertiary/aromatic N) is 1. The highest BCUT2D eigenvalue weighted by molar-refractivity contribution is 5.92. The molecule has 1 aromatic carbocycles. The fraction of sp³-hybridized carbons (Fsp3) is 0.450. The van der Waals surface area contributed by atoms with Crippen LogP contribution in [0.5, 0.6) is 5.75 Å². The smallest absolute Gasteiger partial charge is 0.287 e. The van der Waals surface area contributed by atoms with E-state index >= 15 is 0 Å². The van der Waals surface area contributed by atoms with Crippen LogP contribution in [-0.4, -0.2) is 43.1 Å². The normalized spacial score (nSPS) is 27.9. The predicted octanol–water partition coefficient (Wildman–Crippen LogP) is 3.17. The molecule has 0 saturated carbocycles. The minimum Gasteiger partial charge on any atom is -0.497 e. The molecular weight excluding hydrogens is 316 g/mol. The number of rotatable bonds is 4. The van der Waals surface area contributed by atoms with Crippen molar-refractivity contribution in [1.82, 2.24) is 10.2 Å². The van der Waals surface area contributed by atoms with E-state index in [0.29, 0.717) is 23.5 Å². The van der Waals surface area contributed by atoms with Crippen molar-refractivity contribution in [3.8, 4) is 17.1 Å². The molecule has 5 heteroatoms. The average Bonchev–Trinajstić information content (AvgIpc) is 3.15. The lowest BCUT2D eigenvalue weighted by Crippen LogP contribution is -2.62. The maximum Gasteiger partial charge on any atom is 0.287 e. The van der Waals surface area contributed by atoms with Gasteiger partial charge in [0, 0.05) is 17.6 Å². The molecule has 2 bridgehead atoms. The fourth-order valence-electron chi connectivity index (χ4n) is 4.14. The van der Waals surface area contributed by atoms with Crippen LogP contribution in [0.15, 0.2) is 40.8 Å².